The molecule has 0 saturated carbocycles. The lowest BCUT2D eigenvalue weighted by molar-refractivity contribution is -0.133. The molecular formula is C23H32N4O2. The van der Waals surface area contributed by atoms with E-state index in [1.54, 1.807) is 0 Å². The predicted octanol–water partition coefficient (Wildman–Crippen LogP) is 3.02. The van der Waals surface area contributed by atoms with Crippen LogP contribution in [0.5, 0.6) is 0 Å². The average Bonchev–Trinajstić information content (AvgIpc) is 2.71. The fraction of sp³-hybridized carbons (Fsp3) is 0.565. The second kappa shape index (κ2) is 8.67. The number of pyridine rings is 1. The van der Waals surface area contributed by atoms with Gasteiger partial charge in [-0.25, -0.2) is 0 Å². The number of rotatable bonds is 4. The number of anilines is 1. The number of amides is 1. The van der Waals surface area contributed by atoms with Crippen LogP contribution in [0.25, 0.3) is 10.9 Å². The predicted molar refractivity (Wildman–Crippen MR) is 116 cm³/mol. The summed E-state index contributed by atoms with van der Waals surface area (Å²) in [6, 6.07) is 10.1. The minimum Gasteiger partial charge on any atom is -0.397 e. The zero-order chi connectivity index (χ0) is 20.4. The second-order valence-electron chi connectivity index (χ2n) is 8.60. The lowest BCUT2D eigenvalue weighted by Crippen LogP contribution is -2.47. The fourth-order valence-corrected chi connectivity index (χ4v) is 4.78. The number of nitrogens with zero attached hydrogens (tertiary/aromatic N) is 3. The number of ether oxygens (including phenoxy) is 1. The first-order chi connectivity index (χ1) is 14.0. The number of hydrogen-bond donors (Lipinski definition) is 1. The van der Waals surface area contributed by atoms with E-state index in [0.29, 0.717) is 13.0 Å². The fourth-order valence-electron chi connectivity index (χ4n) is 4.78. The third-order valence-corrected chi connectivity index (χ3v) is 6.08. The van der Waals surface area contributed by atoms with Crippen LogP contribution in [-0.2, 0) is 9.53 Å². The molecule has 6 nitrogen and oxygen atoms in total. The smallest absolute Gasteiger partial charge is 0.223 e. The summed E-state index contributed by atoms with van der Waals surface area (Å²) < 4.78 is 5.79. The molecule has 2 aromatic rings. The quantitative estimate of drug-likeness (QED) is 0.860. The molecule has 4 rings (SSSR count). The first kappa shape index (κ1) is 20.1. The highest BCUT2D eigenvalue weighted by Crippen LogP contribution is 2.31. The number of piperidine rings is 1. The summed E-state index contributed by atoms with van der Waals surface area (Å²) in [5, 5.41) is 1.06. The number of likely N-dealkylation sites (tertiary alicyclic amines) is 1. The zero-order valence-electron chi connectivity index (χ0n) is 17.5. The molecule has 1 aromatic heterocycles. The molecular weight excluding hydrogens is 364 g/mol. The van der Waals surface area contributed by atoms with Crippen LogP contribution in [0.2, 0.25) is 0 Å². The van der Waals surface area contributed by atoms with Crippen LogP contribution in [0.4, 0.5) is 5.69 Å². The van der Waals surface area contributed by atoms with Crippen molar-refractivity contribution in [3.05, 3.63) is 36.0 Å². The number of nitrogen functional groups attached to an aromatic ring is 1. The molecule has 2 fully saturated rings. The Bertz CT molecular complexity index is 861. The van der Waals surface area contributed by atoms with Gasteiger partial charge in [-0.15, -0.1) is 0 Å². The molecule has 2 N–H and O–H groups in total. The molecule has 1 amide bonds. The van der Waals surface area contributed by atoms with Gasteiger partial charge < -0.3 is 15.4 Å². The highest BCUT2D eigenvalue weighted by atomic mass is 16.5. The van der Waals surface area contributed by atoms with Crippen LogP contribution in [0, 0.1) is 0 Å². The van der Waals surface area contributed by atoms with Crippen molar-refractivity contribution in [2.45, 2.75) is 51.2 Å². The Hall–Kier alpha value is -2.18. The van der Waals surface area contributed by atoms with Crippen molar-refractivity contribution in [3.8, 4) is 0 Å². The molecule has 0 aliphatic carbocycles. The van der Waals surface area contributed by atoms with Crippen molar-refractivity contribution in [2.75, 3.05) is 38.5 Å². The van der Waals surface area contributed by atoms with E-state index in [0.717, 1.165) is 61.3 Å². The molecule has 2 saturated heterocycles. The van der Waals surface area contributed by atoms with Gasteiger partial charge in [0.15, 0.2) is 0 Å². The number of fused-ring (bicyclic) bond motifs is 1. The van der Waals surface area contributed by atoms with Gasteiger partial charge in [-0.2, -0.15) is 0 Å². The number of carbonyl (C=O) groups is 1. The lowest BCUT2D eigenvalue weighted by Gasteiger charge is -2.36. The number of hydrogen-bond acceptors (Lipinski definition) is 5. The maximum atomic E-state index is 12.9. The lowest BCUT2D eigenvalue weighted by atomic mass is 9.92. The average molecular weight is 397 g/mol. The van der Waals surface area contributed by atoms with Crippen molar-refractivity contribution in [3.63, 3.8) is 0 Å². The van der Waals surface area contributed by atoms with Gasteiger partial charge in [0.25, 0.3) is 0 Å². The third-order valence-electron chi connectivity index (χ3n) is 6.08. The van der Waals surface area contributed by atoms with Crippen molar-refractivity contribution >= 4 is 22.5 Å². The number of morpholine rings is 1. The van der Waals surface area contributed by atoms with Gasteiger partial charge in [-0.3, -0.25) is 14.7 Å². The van der Waals surface area contributed by atoms with Gasteiger partial charge >= 0.3 is 0 Å². The summed E-state index contributed by atoms with van der Waals surface area (Å²) in [5.41, 5.74) is 8.98. The topological polar surface area (TPSA) is 71.7 Å². The summed E-state index contributed by atoms with van der Waals surface area (Å²) in [5.74, 6) is 0.446. The Morgan fingerprint density at radius 3 is 2.76 bits per heavy atom. The normalized spacial score (nSPS) is 26.0. The Balaban J connectivity index is 1.39. The number of aromatic nitrogens is 1. The SMILES string of the molecule is C[C@@H]1CN(CCC(=O)N2CCC[C@@H](c3nc4ccccc4cc3N)C2)C[C@@H](C)O1. The number of carbonyl (C=O) groups excluding carboxylic acids is 1. The Morgan fingerprint density at radius 1 is 1.21 bits per heavy atom. The van der Waals surface area contributed by atoms with Crippen LogP contribution < -0.4 is 5.73 Å². The van der Waals surface area contributed by atoms with Crippen LogP contribution >= 0.6 is 0 Å². The molecule has 0 unspecified atom stereocenters. The minimum absolute atomic E-state index is 0.209. The Kier molecular flexibility index (Phi) is 6.01. The van der Waals surface area contributed by atoms with Gasteiger partial charge in [-0.05, 0) is 38.8 Å². The monoisotopic (exact) mass is 396 g/mol. The van der Waals surface area contributed by atoms with Gasteiger partial charge in [0.1, 0.15) is 0 Å². The number of benzene rings is 1. The van der Waals surface area contributed by atoms with Crippen LogP contribution in [-0.4, -0.2) is 65.6 Å². The molecule has 0 spiro atoms. The van der Waals surface area contributed by atoms with Crippen LogP contribution in [0.15, 0.2) is 30.3 Å². The van der Waals surface area contributed by atoms with E-state index in [2.05, 4.69) is 18.7 Å². The Labute approximate surface area is 173 Å². The largest absolute Gasteiger partial charge is 0.397 e. The van der Waals surface area contributed by atoms with Crippen molar-refractivity contribution in [1.29, 1.82) is 0 Å². The molecule has 156 valence electrons. The molecule has 3 heterocycles. The van der Waals surface area contributed by atoms with Crippen LogP contribution in [0.3, 0.4) is 0 Å². The minimum atomic E-state index is 0.209. The first-order valence-electron chi connectivity index (χ1n) is 10.8. The third kappa shape index (κ3) is 4.70. The van der Waals surface area contributed by atoms with E-state index in [1.165, 1.54) is 0 Å². The molecule has 29 heavy (non-hydrogen) atoms. The van der Waals surface area contributed by atoms with E-state index < -0.39 is 0 Å². The van der Waals surface area contributed by atoms with E-state index >= 15 is 0 Å². The maximum absolute atomic E-state index is 12.9. The van der Waals surface area contributed by atoms with Crippen molar-refractivity contribution in [2.24, 2.45) is 0 Å². The number of nitrogens with two attached hydrogens (primary N) is 1. The molecule has 2 aliphatic rings. The van der Waals surface area contributed by atoms with Gasteiger partial charge in [0.2, 0.25) is 5.91 Å². The van der Waals surface area contributed by atoms with Gasteiger partial charge in [-0.1, -0.05) is 18.2 Å². The zero-order valence-corrected chi connectivity index (χ0v) is 17.5. The summed E-state index contributed by atoms with van der Waals surface area (Å²) in [4.78, 5) is 22.1. The van der Waals surface area contributed by atoms with Gasteiger partial charge in [0, 0.05) is 50.4 Å². The van der Waals surface area contributed by atoms with E-state index in [4.69, 9.17) is 15.5 Å². The van der Waals surface area contributed by atoms with Crippen molar-refractivity contribution < 1.29 is 9.53 Å². The highest BCUT2D eigenvalue weighted by molar-refractivity contribution is 5.82. The second-order valence-corrected chi connectivity index (χ2v) is 8.60. The van der Waals surface area contributed by atoms with E-state index in [1.807, 2.05) is 35.2 Å². The van der Waals surface area contributed by atoms with Gasteiger partial charge in [0.05, 0.1) is 29.1 Å². The Morgan fingerprint density at radius 2 is 1.97 bits per heavy atom. The highest BCUT2D eigenvalue weighted by Gasteiger charge is 2.28. The molecule has 0 bridgehead atoms. The summed E-state index contributed by atoms with van der Waals surface area (Å²) in [6.45, 7) is 8.34. The summed E-state index contributed by atoms with van der Waals surface area (Å²) in [7, 11) is 0. The molecule has 6 heteroatoms. The van der Waals surface area contributed by atoms with Crippen LogP contribution in [0.1, 0.15) is 44.7 Å². The van der Waals surface area contributed by atoms with E-state index in [9.17, 15) is 4.79 Å². The van der Waals surface area contributed by atoms with Crippen molar-refractivity contribution in [1.82, 2.24) is 14.8 Å². The molecule has 1 aromatic carbocycles. The molecule has 0 radical (unpaired) electrons. The number of para-hydroxylation sites is 1. The van der Waals surface area contributed by atoms with E-state index in [-0.39, 0.29) is 24.0 Å². The summed E-state index contributed by atoms with van der Waals surface area (Å²) >= 11 is 0. The standard InChI is InChI=1S/C23H32N4O2/c1-16-13-26(14-17(2)29-16)11-9-22(28)27-10-5-7-19(15-27)23-20(24)12-18-6-3-4-8-21(18)25-23/h3-4,6,8,12,16-17,19H,5,7,9-11,13-15,24H2,1-2H3/t16-,17-,19-/m1/s1. The maximum Gasteiger partial charge on any atom is 0.223 e. The molecule has 3 atom stereocenters. The molecule has 2 aliphatic heterocycles. The summed E-state index contributed by atoms with van der Waals surface area (Å²) in [6.07, 6.45) is 3.05. The first-order valence-corrected chi connectivity index (χ1v) is 10.8.